The lowest BCUT2D eigenvalue weighted by Gasteiger charge is -2.07. The lowest BCUT2D eigenvalue weighted by atomic mass is 10.2. The Kier molecular flexibility index (Phi) is 2.47. The van der Waals surface area contributed by atoms with Crippen LogP contribution < -0.4 is 5.32 Å². The molecule has 0 saturated heterocycles. The Morgan fingerprint density at radius 1 is 1.67 bits per heavy atom. The topological polar surface area (TPSA) is 16.6 Å². The van der Waals surface area contributed by atoms with Gasteiger partial charge in [-0.15, -0.1) is 11.3 Å². The minimum absolute atomic E-state index is 0.840. The van der Waals surface area contributed by atoms with Crippen molar-refractivity contribution in [2.45, 2.75) is 32.4 Å². The first-order chi connectivity index (χ1) is 5.86. The van der Waals surface area contributed by atoms with Crippen LogP contribution in [0.25, 0.3) is 0 Å². The van der Waals surface area contributed by atoms with E-state index in [4.69, 9.17) is 0 Å². The zero-order valence-corrected chi connectivity index (χ0v) is 8.31. The molecule has 2 heteroatoms. The summed E-state index contributed by atoms with van der Waals surface area (Å²) in [5, 5.41) is 4.63. The van der Waals surface area contributed by atoms with Gasteiger partial charge in [-0.3, -0.25) is 0 Å². The van der Waals surface area contributed by atoms with E-state index in [0.717, 1.165) is 12.0 Å². The maximum Gasteiger partial charge on any atom is 0.111 e. The molecule has 66 valence electrons. The molecule has 1 aliphatic carbocycles. The van der Waals surface area contributed by atoms with Gasteiger partial charge in [-0.25, -0.2) is 0 Å². The van der Waals surface area contributed by atoms with Gasteiger partial charge in [0.25, 0.3) is 0 Å². The molecule has 12 heavy (non-hydrogen) atoms. The summed E-state index contributed by atoms with van der Waals surface area (Å²) in [5.41, 5.74) is 0. The Bertz CT molecular complexity index is 226. The zero-order chi connectivity index (χ0) is 8.39. The molecule has 1 heterocycles. The summed E-state index contributed by atoms with van der Waals surface area (Å²) in [6.07, 6.45) is 2.92. The van der Waals surface area contributed by atoms with Gasteiger partial charge in [0, 0.05) is 5.92 Å². The molecule has 0 radical (unpaired) electrons. The van der Waals surface area contributed by atoms with Crippen LogP contribution in [-0.2, 0) is 6.54 Å². The molecule has 0 spiro atoms. The third-order valence-corrected chi connectivity index (χ3v) is 3.54. The second-order valence-electron chi connectivity index (χ2n) is 3.72. The van der Waals surface area contributed by atoms with E-state index < -0.39 is 0 Å². The van der Waals surface area contributed by atoms with Crippen molar-refractivity contribution < 1.29 is 5.32 Å². The molecule has 2 N–H and O–H groups in total. The van der Waals surface area contributed by atoms with Crippen LogP contribution in [0, 0.1) is 5.92 Å². The number of hydrogen-bond acceptors (Lipinski definition) is 1. The van der Waals surface area contributed by atoms with E-state index in [1.165, 1.54) is 24.3 Å². The normalized spacial score (nSPS) is 19.4. The summed E-state index contributed by atoms with van der Waals surface area (Å²) in [5.74, 6) is 1.02. The molecule has 0 bridgehead atoms. The first-order valence-corrected chi connectivity index (χ1v) is 5.60. The Labute approximate surface area is 77.8 Å². The molecule has 1 atom stereocenters. The highest BCUT2D eigenvalue weighted by Gasteiger charge is 2.30. The van der Waals surface area contributed by atoms with Crippen molar-refractivity contribution in [1.82, 2.24) is 0 Å². The van der Waals surface area contributed by atoms with Crippen molar-refractivity contribution >= 4 is 11.3 Å². The second-order valence-corrected chi connectivity index (χ2v) is 4.75. The van der Waals surface area contributed by atoms with Crippen LogP contribution in [0.4, 0.5) is 0 Å². The molecular formula is C10H16NS+. The smallest absolute Gasteiger partial charge is 0.111 e. The summed E-state index contributed by atoms with van der Waals surface area (Å²) >= 11 is 1.87. The van der Waals surface area contributed by atoms with Gasteiger partial charge in [-0.05, 0) is 31.2 Å². The second kappa shape index (κ2) is 3.58. The molecule has 1 saturated carbocycles. The zero-order valence-electron chi connectivity index (χ0n) is 7.49. The quantitative estimate of drug-likeness (QED) is 0.728. The van der Waals surface area contributed by atoms with Gasteiger partial charge in [-0.2, -0.15) is 0 Å². The van der Waals surface area contributed by atoms with Crippen molar-refractivity contribution in [2.24, 2.45) is 5.92 Å². The van der Waals surface area contributed by atoms with E-state index >= 15 is 0 Å². The van der Waals surface area contributed by atoms with Gasteiger partial charge in [0.05, 0.1) is 10.9 Å². The van der Waals surface area contributed by atoms with Gasteiger partial charge in [-0.1, -0.05) is 6.07 Å². The highest BCUT2D eigenvalue weighted by Crippen LogP contribution is 2.30. The predicted molar refractivity (Wildman–Crippen MR) is 52.1 cm³/mol. The van der Waals surface area contributed by atoms with E-state index in [0.29, 0.717) is 0 Å². The van der Waals surface area contributed by atoms with Crippen molar-refractivity contribution in [2.75, 3.05) is 0 Å². The van der Waals surface area contributed by atoms with E-state index in [-0.39, 0.29) is 0 Å². The van der Waals surface area contributed by atoms with E-state index in [2.05, 4.69) is 29.8 Å². The molecule has 1 fully saturated rings. The maximum absolute atomic E-state index is 2.48. The third-order valence-electron chi connectivity index (χ3n) is 2.64. The van der Waals surface area contributed by atoms with Crippen LogP contribution in [0.3, 0.4) is 0 Å². The third kappa shape index (κ3) is 2.08. The molecular weight excluding hydrogens is 166 g/mol. The Hall–Kier alpha value is -0.340. The first-order valence-electron chi connectivity index (χ1n) is 4.72. The summed E-state index contributed by atoms with van der Waals surface area (Å²) in [6.45, 7) is 3.53. The molecule has 2 rings (SSSR count). The molecule has 0 unspecified atom stereocenters. The molecule has 1 nitrogen and oxygen atoms in total. The Morgan fingerprint density at radius 3 is 3.08 bits per heavy atom. The monoisotopic (exact) mass is 182 g/mol. The Balaban J connectivity index is 1.74. The number of thiophene rings is 1. The average molecular weight is 182 g/mol. The first kappa shape index (κ1) is 8.27. The van der Waals surface area contributed by atoms with Crippen molar-refractivity contribution in [3.63, 3.8) is 0 Å². The van der Waals surface area contributed by atoms with Crippen LogP contribution >= 0.6 is 11.3 Å². The van der Waals surface area contributed by atoms with Crippen molar-refractivity contribution in [3.8, 4) is 0 Å². The van der Waals surface area contributed by atoms with E-state index in [1.54, 1.807) is 0 Å². The van der Waals surface area contributed by atoms with Gasteiger partial charge >= 0.3 is 0 Å². The predicted octanol–water partition coefficient (Wildman–Crippen LogP) is 1.61. The molecule has 1 aromatic rings. The number of hydrogen-bond donors (Lipinski definition) is 1. The number of quaternary nitrogens is 1. The fourth-order valence-electron chi connectivity index (χ4n) is 1.55. The lowest BCUT2D eigenvalue weighted by molar-refractivity contribution is -0.704. The summed E-state index contributed by atoms with van der Waals surface area (Å²) in [6, 6.07) is 5.20. The van der Waals surface area contributed by atoms with Crippen LogP contribution in [0.1, 0.15) is 24.6 Å². The van der Waals surface area contributed by atoms with Crippen LogP contribution in [0.15, 0.2) is 17.5 Å². The van der Waals surface area contributed by atoms with E-state index in [1.807, 2.05) is 11.3 Å². The Morgan fingerprint density at radius 2 is 2.50 bits per heavy atom. The maximum atomic E-state index is 2.48. The lowest BCUT2D eigenvalue weighted by Crippen LogP contribution is -2.88. The summed E-state index contributed by atoms with van der Waals surface area (Å²) < 4.78 is 0. The van der Waals surface area contributed by atoms with Crippen LogP contribution in [0.5, 0.6) is 0 Å². The highest BCUT2D eigenvalue weighted by molar-refractivity contribution is 7.09. The van der Waals surface area contributed by atoms with E-state index in [9.17, 15) is 0 Å². The van der Waals surface area contributed by atoms with Gasteiger partial charge in [0.2, 0.25) is 0 Å². The van der Waals surface area contributed by atoms with Gasteiger partial charge in [0.15, 0.2) is 0 Å². The number of nitrogens with two attached hydrogens (primary N) is 1. The number of rotatable bonds is 4. The fourth-order valence-corrected chi connectivity index (χ4v) is 2.23. The highest BCUT2D eigenvalue weighted by atomic mass is 32.1. The average Bonchev–Trinajstić information content (AvgIpc) is 2.80. The summed E-state index contributed by atoms with van der Waals surface area (Å²) in [4.78, 5) is 1.50. The molecule has 0 aliphatic heterocycles. The van der Waals surface area contributed by atoms with Crippen LogP contribution in [-0.4, -0.2) is 6.04 Å². The largest absolute Gasteiger partial charge is 0.339 e. The minimum atomic E-state index is 0.840. The SMILES string of the molecule is C[C@H]([NH2+]Cc1cccs1)C1CC1. The molecule has 1 aliphatic rings. The van der Waals surface area contributed by atoms with Crippen molar-refractivity contribution in [3.05, 3.63) is 22.4 Å². The molecule has 0 amide bonds. The van der Waals surface area contributed by atoms with Gasteiger partial charge in [0.1, 0.15) is 6.54 Å². The van der Waals surface area contributed by atoms with Gasteiger partial charge < -0.3 is 5.32 Å². The van der Waals surface area contributed by atoms with Crippen LogP contribution in [0.2, 0.25) is 0 Å². The fraction of sp³-hybridized carbons (Fsp3) is 0.600. The molecule has 1 aromatic heterocycles. The minimum Gasteiger partial charge on any atom is -0.339 e. The van der Waals surface area contributed by atoms with Crippen molar-refractivity contribution in [1.29, 1.82) is 0 Å². The standard InChI is InChI=1S/C10H15NS/c1-8(9-4-5-9)11-7-10-3-2-6-12-10/h2-3,6,8-9,11H,4-5,7H2,1H3/p+1/t8-/m0/s1. The summed E-state index contributed by atoms with van der Waals surface area (Å²) in [7, 11) is 0. The molecule has 0 aromatic carbocycles.